The normalized spacial score (nSPS) is 21.0. The Morgan fingerprint density at radius 1 is 1.50 bits per heavy atom. The van der Waals surface area contributed by atoms with E-state index in [0.717, 1.165) is 37.1 Å². The van der Waals surface area contributed by atoms with Gasteiger partial charge in [-0.1, -0.05) is 19.1 Å². The summed E-state index contributed by atoms with van der Waals surface area (Å²) in [5.74, 6) is 0.0960. The molecule has 1 aliphatic heterocycles. The Morgan fingerprint density at radius 2 is 2.41 bits per heavy atom. The standard InChI is InChI=1S/C16H21N5O/c1-2-16(7-4-8-19-16)15(22)18-10-13-5-3-6-14(9-13)21-12-17-11-20-21/h3,5-6,9,11-12,19H,2,4,7-8,10H2,1H3,(H,18,22)/t16-/m0/s1. The summed E-state index contributed by atoms with van der Waals surface area (Å²) in [6.45, 7) is 3.50. The van der Waals surface area contributed by atoms with Crippen molar-refractivity contribution in [3.63, 3.8) is 0 Å². The molecular weight excluding hydrogens is 278 g/mol. The third-order valence-corrected chi connectivity index (χ3v) is 4.33. The Balaban J connectivity index is 1.66. The van der Waals surface area contributed by atoms with Crippen molar-refractivity contribution in [2.75, 3.05) is 6.54 Å². The molecule has 1 fully saturated rings. The maximum absolute atomic E-state index is 12.5. The van der Waals surface area contributed by atoms with Crippen LogP contribution in [0.4, 0.5) is 0 Å². The maximum atomic E-state index is 12.5. The number of nitrogens with zero attached hydrogens (tertiary/aromatic N) is 3. The van der Waals surface area contributed by atoms with E-state index in [2.05, 4.69) is 27.6 Å². The molecular formula is C16H21N5O. The first-order valence-corrected chi connectivity index (χ1v) is 7.71. The topological polar surface area (TPSA) is 71.8 Å². The molecule has 22 heavy (non-hydrogen) atoms. The summed E-state index contributed by atoms with van der Waals surface area (Å²) < 4.78 is 1.71. The lowest BCUT2D eigenvalue weighted by Gasteiger charge is -2.26. The Hall–Kier alpha value is -2.21. The number of rotatable bonds is 5. The highest BCUT2D eigenvalue weighted by Gasteiger charge is 2.38. The summed E-state index contributed by atoms with van der Waals surface area (Å²) in [5, 5.41) is 10.5. The molecule has 0 bridgehead atoms. The van der Waals surface area contributed by atoms with Crippen molar-refractivity contribution < 1.29 is 4.79 Å². The molecule has 0 unspecified atom stereocenters. The zero-order valence-corrected chi connectivity index (χ0v) is 12.7. The predicted octanol–water partition coefficient (Wildman–Crippen LogP) is 1.42. The summed E-state index contributed by atoms with van der Waals surface area (Å²) in [6, 6.07) is 7.94. The highest BCUT2D eigenvalue weighted by molar-refractivity contribution is 5.86. The summed E-state index contributed by atoms with van der Waals surface area (Å²) in [7, 11) is 0. The molecule has 1 aromatic carbocycles. The van der Waals surface area contributed by atoms with E-state index in [1.54, 1.807) is 11.0 Å². The highest BCUT2D eigenvalue weighted by Crippen LogP contribution is 2.23. The summed E-state index contributed by atoms with van der Waals surface area (Å²) >= 11 is 0. The van der Waals surface area contributed by atoms with Gasteiger partial charge in [0.25, 0.3) is 0 Å². The second kappa shape index (κ2) is 6.27. The van der Waals surface area contributed by atoms with Crippen molar-refractivity contribution in [1.29, 1.82) is 0 Å². The zero-order chi connectivity index (χ0) is 15.4. The number of amides is 1. The van der Waals surface area contributed by atoms with E-state index in [0.29, 0.717) is 6.54 Å². The van der Waals surface area contributed by atoms with Crippen molar-refractivity contribution in [2.45, 2.75) is 38.3 Å². The van der Waals surface area contributed by atoms with Crippen LogP contribution in [0, 0.1) is 0 Å². The summed E-state index contributed by atoms with van der Waals surface area (Å²) in [5.41, 5.74) is 1.60. The average molecular weight is 299 g/mol. The smallest absolute Gasteiger partial charge is 0.240 e. The minimum atomic E-state index is -0.385. The Labute approximate surface area is 129 Å². The van der Waals surface area contributed by atoms with E-state index in [1.807, 2.05) is 24.3 Å². The van der Waals surface area contributed by atoms with Gasteiger partial charge in [0.05, 0.1) is 11.2 Å². The van der Waals surface area contributed by atoms with E-state index in [1.165, 1.54) is 6.33 Å². The zero-order valence-electron chi connectivity index (χ0n) is 12.7. The molecule has 2 heterocycles. The lowest BCUT2D eigenvalue weighted by Crippen LogP contribution is -2.52. The van der Waals surface area contributed by atoms with Gasteiger partial charge in [-0.2, -0.15) is 5.10 Å². The van der Waals surface area contributed by atoms with E-state index < -0.39 is 0 Å². The van der Waals surface area contributed by atoms with Crippen LogP contribution in [0.1, 0.15) is 31.7 Å². The molecule has 6 heteroatoms. The third kappa shape index (κ3) is 2.87. The Morgan fingerprint density at radius 3 is 3.09 bits per heavy atom. The number of carbonyl (C=O) groups excluding carboxylic acids is 1. The van der Waals surface area contributed by atoms with Crippen molar-refractivity contribution >= 4 is 5.91 Å². The van der Waals surface area contributed by atoms with Crippen LogP contribution in [-0.2, 0) is 11.3 Å². The molecule has 0 aliphatic carbocycles. The van der Waals surface area contributed by atoms with Crippen molar-refractivity contribution in [3.05, 3.63) is 42.5 Å². The fourth-order valence-electron chi connectivity index (χ4n) is 2.96. The number of hydrogen-bond donors (Lipinski definition) is 2. The van der Waals surface area contributed by atoms with Crippen molar-refractivity contribution in [3.8, 4) is 5.69 Å². The fraction of sp³-hybridized carbons (Fsp3) is 0.438. The first-order valence-electron chi connectivity index (χ1n) is 7.71. The molecule has 3 rings (SSSR count). The van der Waals surface area contributed by atoms with Gasteiger partial charge in [0.1, 0.15) is 12.7 Å². The van der Waals surface area contributed by atoms with Gasteiger partial charge in [0, 0.05) is 6.54 Å². The number of benzene rings is 1. The van der Waals surface area contributed by atoms with Gasteiger partial charge in [-0.3, -0.25) is 4.79 Å². The molecule has 116 valence electrons. The number of nitrogens with one attached hydrogen (secondary N) is 2. The van der Waals surface area contributed by atoms with Gasteiger partial charge in [0.15, 0.2) is 0 Å². The molecule has 1 saturated heterocycles. The molecule has 1 atom stereocenters. The molecule has 6 nitrogen and oxygen atoms in total. The first kappa shape index (κ1) is 14.7. The van der Waals surface area contributed by atoms with Gasteiger partial charge in [-0.15, -0.1) is 0 Å². The molecule has 1 amide bonds. The van der Waals surface area contributed by atoms with Gasteiger partial charge in [-0.05, 0) is 43.5 Å². The van der Waals surface area contributed by atoms with Crippen LogP contribution in [0.15, 0.2) is 36.9 Å². The second-order valence-electron chi connectivity index (χ2n) is 5.66. The van der Waals surface area contributed by atoms with Crippen molar-refractivity contribution in [1.82, 2.24) is 25.4 Å². The quantitative estimate of drug-likeness (QED) is 0.876. The lowest BCUT2D eigenvalue weighted by molar-refractivity contribution is -0.127. The van der Waals surface area contributed by atoms with Crippen LogP contribution in [0.25, 0.3) is 5.69 Å². The van der Waals surface area contributed by atoms with Crippen LogP contribution in [-0.4, -0.2) is 32.8 Å². The SMILES string of the molecule is CC[C@@]1(C(=O)NCc2cccc(-n3cncn3)c2)CCCN1. The molecule has 2 N–H and O–H groups in total. The highest BCUT2D eigenvalue weighted by atomic mass is 16.2. The molecule has 0 saturated carbocycles. The van der Waals surface area contributed by atoms with Gasteiger partial charge >= 0.3 is 0 Å². The lowest BCUT2D eigenvalue weighted by atomic mass is 9.93. The van der Waals surface area contributed by atoms with E-state index >= 15 is 0 Å². The fourth-order valence-corrected chi connectivity index (χ4v) is 2.96. The largest absolute Gasteiger partial charge is 0.350 e. The van der Waals surface area contributed by atoms with Crippen LogP contribution in [0.3, 0.4) is 0 Å². The molecule has 0 spiro atoms. The second-order valence-corrected chi connectivity index (χ2v) is 5.66. The predicted molar refractivity (Wildman–Crippen MR) is 83.5 cm³/mol. The van der Waals surface area contributed by atoms with Gasteiger partial charge in [0.2, 0.25) is 5.91 Å². The van der Waals surface area contributed by atoms with E-state index in [4.69, 9.17) is 0 Å². The Bertz CT molecular complexity index is 632. The van der Waals surface area contributed by atoms with E-state index in [9.17, 15) is 4.79 Å². The van der Waals surface area contributed by atoms with Gasteiger partial charge in [-0.25, -0.2) is 9.67 Å². The van der Waals surface area contributed by atoms with Crippen molar-refractivity contribution in [2.24, 2.45) is 0 Å². The maximum Gasteiger partial charge on any atom is 0.240 e. The van der Waals surface area contributed by atoms with E-state index in [-0.39, 0.29) is 11.4 Å². The number of carbonyl (C=O) groups is 1. The average Bonchev–Trinajstić information content (AvgIpc) is 3.24. The molecule has 1 aliphatic rings. The Kier molecular flexibility index (Phi) is 4.20. The van der Waals surface area contributed by atoms with Crippen LogP contribution in [0.2, 0.25) is 0 Å². The van der Waals surface area contributed by atoms with Crippen LogP contribution >= 0.6 is 0 Å². The summed E-state index contributed by atoms with van der Waals surface area (Å²) in [4.78, 5) is 16.4. The molecule has 0 radical (unpaired) electrons. The number of hydrogen-bond acceptors (Lipinski definition) is 4. The van der Waals surface area contributed by atoms with Crippen LogP contribution in [0.5, 0.6) is 0 Å². The minimum Gasteiger partial charge on any atom is -0.350 e. The third-order valence-electron chi connectivity index (χ3n) is 4.33. The molecule has 2 aromatic rings. The first-order chi connectivity index (χ1) is 10.7. The van der Waals surface area contributed by atoms with Gasteiger partial charge < -0.3 is 10.6 Å². The summed E-state index contributed by atoms with van der Waals surface area (Å²) in [6.07, 6.45) is 5.95. The van der Waals surface area contributed by atoms with Crippen LogP contribution < -0.4 is 10.6 Å². The minimum absolute atomic E-state index is 0.0960. The number of aromatic nitrogens is 3. The monoisotopic (exact) mass is 299 g/mol. The molecule has 1 aromatic heterocycles.